The molecule has 148 valence electrons. The summed E-state index contributed by atoms with van der Waals surface area (Å²) in [5.41, 5.74) is 6.81. The van der Waals surface area contributed by atoms with Gasteiger partial charge in [-0.3, -0.25) is 4.98 Å². The van der Waals surface area contributed by atoms with E-state index in [1.807, 2.05) is 12.1 Å². The Morgan fingerprint density at radius 1 is 0.800 bits per heavy atom. The van der Waals surface area contributed by atoms with Crippen molar-refractivity contribution in [2.75, 3.05) is 31.1 Å². The molecule has 4 heterocycles. The molecule has 1 aliphatic heterocycles. The highest BCUT2D eigenvalue weighted by Crippen LogP contribution is 2.27. The van der Waals surface area contributed by atoms with Crippen LogP contribution in [0.2, 0.25) is 0 Å². The van der Waals surface area contributed by atoms with E-state index in [1.165, 1.54) is 5.69 Å². The number of piperazine rings is 1. The number of benzene rings is 2. The average molecular weight is 396 g/mol. The average Bonchev–Trinajstić information content (AvgIpc) is 3.43. The fourth-order valence-corrected chi connectivity index (χ4v) is 3.95. The maximum Gasteiger partial charge on any atom is 0.158 e. The minimum atomic E-state index is 0.709. The molecular weight excluding hydrogens is 376 g/mol. The van der Waals surface area contributed by atoms with E-state index in [-0.39, 0.29) is 0 Å². The third-order valence-corrected chi connectivity index (χ3v) is 5.51. The lowest BCUT2D eigenvalue weighted by Gasteiger charge is -2.29. The monoisotopic (exact) mass is 396 g/mol. The van der Waals surface area contributed by atoms with E-state index in [9.17, 15) is 0 Å². The van der Waals surface area contributed by atoms with Crippen LogP contribution in [0.25, 0.3) is 45.0 Å². The highest BCUT2D eigenvalue weighted by atomic mass is 15.2. The minimum absolute atomic E-state index is 0.709. The molecule has 0 amide bonds. The number of rotatable bonds is 3. The minimum Gasteiger partial charge on any atom is -0.369 e. The first-order valence-electron chi connectivity index (χ1n) is 10.1. The summed E-state index contributed by atoms with van der Waals surface area (Å²) < 4.78 is 0. The van der Waals surface area contributed by atoms with Crippen LogP contribution in [0.5, 0.6) is 0 Å². The van der Waals surface area contributed by atoms with Gasteiger partial charge in [-0.25, -0.2) is 15.0 Å². The summed E-state index contributed by atoms with van der Waals surface area (Å²) in [6.45, 7) is 4.09. The van der Waals surface area contributed by atoms with Gasteiger partial charge in [-0.2, -0.15) is 0 Å². The molecule has 0 atom stereocenters. The summed E-state index contributed by atoms with van der Waals surface area (Å²) in [7, 11) is 0. The van der Waals surface area contributed by atoms with Crippen molar-refractivity contribution in [1.29, 1.82) is 0 Å². The van der Waals surface area contributed by atoms with Crippen molar-refractivity contribution in [3.8, 4) is 22.9 Å². The number of hydrogen-bond acceptors (Lipinski definition) is 6. The smallest absolute Gasteiger partial charge is 0.158 e. The maximum absolute atomic E-state index is 4.80. The number of aromatic amines is 2. The van der Waals surface area contributed by atoms with Crippen molar-refractivity contribution in [1.82, 2.24) is 35.2 Å². The van der Waals surface area contributed by atoms with Gasteiger partial charge in [-0.05, 0) is 36.4 Å². The molecule has 0 radical (unpaired) electrons. The molecule has 30 heavy (non-hydrogen) atoms. The standard InChI is InChI=1S/C22H20N8/c1-3-16-18(29-22(27-16)20-13-24-5-6-25-20)11-14(1)21-26-17-4-2-15(12-19(17)28-21)30-9-7-23-8-10-30/h1-6,11-13,23H,7-10H2,(H,26,28)(H,27,29). The Labute approximate surface area is 172 Å². The number of nitrogens with one attached hydrogen (secondary N) is 3. The molecule has 0 spiro atoms. The lowest BCUT2D eigenvalue weighted by atomic mass is 10.2. The molecule has 3 aromatic heterocycles. The zero-order valence-corrected chi connectivity index (χ0v) is 16.3. The number of fused-ring (bicyclic) bond motifs is 2. The quantitative estimate of drug-likeness (QED) is 0.434. The molecule has 3 N–H and O–H groups in total. The van der Waals surface area contributed by atoms with E-state index >= 15 is 0 Å². The number of nitrogens with zero attached hydrogens (tertiary/aromatic N) is 5. The van der Waals surface area contributed by atoms with E-state index < -0.39 is 0 Å². The number of H-pyrrole nitrogens is 2. The molecule has 5 aromatic rings. The van der Waals surface area contributed by atoms with Crippen molar-refractivity contribution >= 4 is 27.8 Å². The summed E-state index contributed by atoms with van der Waals surface area (Å²) in [6, 6.07) is 12.5. The van der Waals surface area contributed by atoms with E-state index in [0.717, 1.165) is 65.3 Å². The summed E-state index contributed by atoms with van der Waals surface area (Å²) >= 11 is 0. The van der Waals surface area contributed by atoms with Crippen molar-refractivity contribution < 1.29 is 0 Å². The Morgan fingerprint density at radius 2 is 1.57 bits per heavy atom. The Morgan fingerprint density at radius 3 is 2.40 bits per heavy atom. The highest BCUT2D eigenvalue weighted by molar-refractivity contribution is 5.86. The van der Waals surface area contributed by atoms with Crippen LogP contribution < -0.4 is 10.2 Å². The lowest BCUT2D eigenvalue weighted by molar-refractivity contribution is 0.589. The lowest BCUT2D eigenvalue weighted by Crippen LogP contribution is -2.43. The SMILES string of the molecule is c1cnc(-c2nc3ccc(-c4nc5ccc(N6CCNCC6)cc5[nH]4)cc3[nH]2)cn1. The van der Waals surface area contributed by atoms with Crippen LogP contribution in [0, 0.1) is 0 Å². The van der Waals surface area contributed by atoms with Crippen LogP contribution in [-0.2, 0) is 0 Å². The molecule has 1 fully saturated rings. The van der Waals surface area contributed by atoms with E-state index in [0.29, 0.717) is 5.82 Å². The van der Waals surface area contributed by atoms with E-state index in [2.05, 4.69) is 59.4 Å². The van der Waals surface area contributed by atoms with Gasteiger partial charge in [0.2, 0.25) is 0 Å². The second-order valence-electron chi connectivity index (χ2n) is 7.43. The van der Waals surface area contributed by atoms with Gasteiger partial charge in [0.1, 0.15) is 11.5 Å². The van der Waals surface area contributed by atoms with E-state index in [4.69, 9.17) is 4.98 Å². The molecular formula is C22H20N8. The fraction of sp³-hybridized carbons (Fsp3) is 0.182. The van der Waals surface area contributed by atoms with Crippen LogP contribution in [0.3, 0.4) is 0 Å². The van der Waals surface area contributed by atoms with Gasteiger partial charge in [-0.1, -0.05) is 0 Å². The second kappa shape index (κ2) is 6.93. The first-order chi connectivity index (χ1) is 14.8. The number of anilines is 1. The highest BCUT2D eigenvalue weighted by Gasteiger charge is 2.13. The number of aromatic nitrogens is 6. The van der Waals surface area contributed by atoms with Gasteiger partial charge >= 0.3 is 0 Å². The molecule has 1 saturated heterocycles. The van der Waals surface area contributed by atoms with Gasteiger partial charge < -0.3 is 20.2 Å². The summed E-state index contributed by atoms with van der Waals surface area (Å²) in [6.07, 6.45) is 5.02. The topological polar surface area (TPSA) is 98.4 Å². The number of imidazole rings is 2. The van der Waals surface area contributed by atoms with Gasteiger partial charge in [-0.15, -0.1) is 0 Å². The zero-order chi connectivity index (χ0) is 19.9. The first-order valence-corrected chi connectivity index (χ1v) is 10.1. The fourth-order valence-electron chi connectivity index (χ4n) is 3.95. The Balaban J connectivity index is 1.36. The Kier molecular flexibility index (Phi) is 3.95. The number of hydrogen-bond donors (Lipinski definition) is 3. The molecule has 8 heteroatoms. The summed E-state index contributed by atoms with van der Waals surface area (Å²) in [5.74, 6) is 1.56. The molecule has 1 aliphatic rings. The van der Waals surface area contributed by atoms with Crippen molar-refractivity contribution in [3.63, 3.8) is 0 Å². The predicted molar refractivity (Wildman–Crippen MR) is 117 cm³/mol. The molecule has 0 aliphatic carbocycles. The molecule has 6 rings (SSSR count). The normalized spacial score (nSPS) is 14.6. The second-order valence-corrected chi connectivity index (χ2v) is 7.43. The molecule has 0 saturated carbocycles. The zero-order valence-electron chi connectivity index (χ0n) is 16.3. The van der Waals surface area contributed by atoms with E-state index in [1.54, 1.807) is 18.6 Å². The summed E-state index contributed by atoms with van der Waals surface area (Å²) in [4.78, 5) is 27.1. The molecule has 0 unspecified atom stereocenters. The third kappa shape index (κ3) is 2.98. The Hall–Kier alpha value is -3.78. The predicted octanol–water partition coefficient (Wildman–Crippen LogP) is 2.97. The van der Waals surface area contributed by atoms with Crippen LogP contribution >= 0.6 is 0 Å². The maximum atomic E-state index is 4.80. The van der Waals surface area contributed by atoms with Gasteiger partial charge in [0.15, 0.2) is 5.82 Å². The Bertz CT molecular complexity index is 1330. The van der Waals surface area contributed by atoms with Crippen molar-refractivity contribution in [2.45, 2.75) is 0 Å². The van der Waals surface area contributed by atoms with Gasteiger partial charge in [0.25, 0.3) is 0 Å². The largest absolute Gasteiger partial charge is 0.369 e. The van der Waals surface area contributed by atoms with Crippen LogP contribution in [-0.4, -0.2) is 56.1 Å². The third-order valence-electron chi connectivity index (χ3n) is 5.51. The first kappa shape index (κ1) is 17.1. The van der Waals surface area contributed by atoms with Crippen molar-refractivity contribution in [3.05, 3.63) is 55.0 Å². The molecule has 0 bridgehead atoms. The molecule has 2 aromatic carbocycles. The summed E-state index contributed by atoms with van der Waals surface area (Å²) in [5, 5.41) is 3.40. The van der Waals surface area contributed by atoms with Crippen LogP contribution in [0.1, 0.15) is 0 Å². The van der Waals surface area contributed by atoms with Crippen LogP contribution in [0.15, 0.2) is 55.0 Å². The van der Waals surface area contributed by atoms with Crippen molar-refractivity contribution in [2.24, 2.45) is 0 Å². The van der Waals surface area contributed by atoms with Gasteiger partial charge in [0, 0.05) is 49.8 Å². The van der Waals surface area contributed by atoms with Gasteiger partial charge in [0.05, 0.1) is 28.3 Å². The molecule has 8 nitrogen and oxygen atoms in total. The van der Waals surface area contributed by atoms with Crippen LogP contribution in [0.4, 0.5) is 5.69 Å².